The van der Waals surface area contributed by atoms with Crippen LogP contribution in [0.25, 0.3) is 0 Å². The van der Waals surface area contributed by atoms with Crippen molar-refractivity contribution in [3.63, 3.8) is 0 Å². The average Bonchev–Trinajstić information content (AvgIpc) is 3.02. The Morgan fingerprint density at radius 3 is 2.76 bits per heavy atom. The minimum absolute atomic E-state index is 0.593. The van der Waals surface area contributed by atoms with Gasteiger partial charge in [0.15, 0.2) is 0 Å². The lowest BCUT2D eigenvalue weighted by Crippen LogP contribution is -2.36. The van der Waals surface area contributed by atoms with E-state index < -0.39 is 0 Å². The number of nitrogens with zero attached hydrogens (tertiary/aromatic N) is 1. The van der Waals surface area contributed by atoms with E-state index in [1.165, 1.54) is 41.1 Å². The number of nitrogens with one attached hydrogen (secondary N) is 1. The summed E-state index contributed by atoms with van der Waals surface area (Å²) in [7, 11) is 0. The Kier molecular flexibility index (Phi) is 5.04. The lowest BCUT2D eigenvalue weighted by Gasteiger charge is -2.32. The Hall–Kier alpha value is -1.19. The smallest absolute Gasteiger partial charge is 0.107 e. The summed E-state index contributed by atoms with van der Waals surface area (Å²) in [5.41, 5.74) is 1.49. The molecule has 1 aromatic carbocycles. The number of rotatable bonds is 5. The Bertz CT molecular complexity index is 549. The summed E-state index contributed by atoms with van der Waals surface area (Å²) in [5.74, 6) is 0.658. The lowest BCUT2D eigenvalue weighted by atomic mass is 9.80. The molecular formula is C18H24N2S. The van der Waals surface area contributed by atoms with Gasteiger partial charge in [-0.05, 0) is 30.7 Å². The number of benzene rings is 1. The highest BCUT2D eigenvalue weighted by molar-refractivity contribution is 7.11. The van der Waals surface area contributed by atoms with Crippen molar-refractivity contribution in [2.45, 2.75) is 57.5 Å². The van der Waals surface area contributed by atoms with Crippen LogP contribution < -0.4 is 5.32 Å². The van der Waals surface area contributed by atoms with Crippen molar-refractivity contribution in [2.24, 2.45) is 0 Å². The Morgan fingerprint density at radius 1 is 1.19 bits per heavy atom. The predicted molar refractivity (Wildman–Crippen MR) is 89.8 cm³/mol. The minimum Gasteiger partial charge on any atom is -0.307 e. The molecule has 21 heavy (non-hydrogen) atoms. The standard InChI is InChI=1S/C18H24N2S/c1-2-15-12-20-18(21-15)13-19-17-11-7-6-10-16(17)14-8-4-3-5-9-14/h3-5,8-9,12,16-17,19H,2,6-7,10-11,13H2,1H3. The summed E-state index contributed by atoms with van der Waals surface area (Å²) in [4.78, 5) is 5.91. The molecule has 1 N–H and O–H groups in total. The topological polar surface area (TPSA) is 24.9 Å². The molecular weight excluding hydrogens is 276 g/mol. The summed E-state index contributed by atoms with van der Waals surface area (Å²) in [6, 6.07) is 11.6. The lowest BCUT2D eigenvalue weighted by molar-refractivity contribution is 0.326. The van der Waals surface area contributed by atoms with Gasteiger partial charge in [-0.1, -0.05) is 50.1 Å². The molecule has 0 aliphatic heterocycles. The number of aryl methyl sites for hydroxylation is 1. The van der Waals surface area contributed by atoms with Crippen LogP contribution in [0.2, 0.25) is 0 Å². The van der Waals surface area contributed by atoms with Crippen LogP contribution in [0.5, 0.6) is 0 Å². The molecule has 0 amide bonds. The number of aromatic nitrogens is 1. The zero-order chi connectivity index (χ0) is 14.5. The second-order valence-corrected chi connectivity index (χ2v) is 7.06. The zero-order valence-corrected chi connectivity index (χ0v) is 13.5. The van der Waals surface area contributed by atoms with Crippen molar-refractivity contribution in [3.8, 4) is 0 Å². The monoisotopic (exact) mass is 300 g/mol. The first-order valence-electron chi connectivity index (χ1n) is 8.08. The molecule has 2 atom stereocenters. The van der Waals surface area contributed by atoms with Gasteiger partial charge in [0.2, 0.25) is 0 Å². The Morgan fingerprint density at radius 2 is 2.00 bits per heavy atom. The second kappa shape index (κ2) is 7.19. The minimum atomic E-state index is 0.593. The van der Waals surface area contributed by atoms with Crippen LogP contribution in [0.15, 0.2) is 36.5 Å². The first-order valence-corrected chi connectivity index (χ1v) is 8.90. The van der Waals surface area contributed by atoms with Crippen LogP contribution in [0.3, 0.4) is 0 Å². The molecule has 112 valence electrons. The van der Waals surface area contributed by atoms with Gasteiger partial charge in [0, 0.05) is 23.7 Å². The van der Waals surface area contributed by atoms with Crippen LogP contribution in [-0.2, 0) is 13.0 Å². The maximum atomic E-state index is 4.53. The van der Waals surface area contributed by atoms with Crippen molar-refractivity contribution >= 4 is 11.3 Å². The summed E-state index contributed by atoms with van der Waals surface area (Å²) < 4.78 is 0. The molecule has 1 heterocycles. The van der Waals surface area contributed by atoms with Gasteiger partial charge in [-0.25, -0.2) is 4.98 Å². The largest absolute Gasteiger partial charge is 0.307 e. The molecule has 3 heteroatoms. The van der Waals surface area contributed by atoms with E-state index >= 15 is 0 Å². The Labute approximate surface area is 131 Å². The van der Waals surface area contributed by atoms with Gasteiger partial charge in [0.25, 0.3) is 0 Å². The highest BCUT2D eigenvalue weighted by Crippen LogP contribution is 2.33. The molecule has 0 radical (unpaired) electrons. The Balaban J connectivity index is 1.64. The van der Waals surface area contributed by atoms with Gasteiger partial charge >= 0.3 is 0 Å². The van der Waals surface area contributed by atoms with E-state index in [1.54, 1.807) is 0 Å². The first-order chi connectivity index (χ1) is 10.4. The van der Waals surface area contributed by atoms with Crippen molar-refractivity contribution in [1.29, 1.82) is 0 Å². The van der Waals surface area contributed by atoms with Crippen molar-refractivity contribution in [1.82, 2.24) is 10.3 Å². The molecule has 1 aliphatic carbocycles. The molecule has 2 aromatic rings. The summed E-state index contributed by atoms with van der Waals surface area (Å²) >= 11 is 1.84. The zero-order valence-electron chi connectivity index (χ0n) is 12.7. The molecule has 3 rings (SSSR count). The molecule has 1 fully saturated rings. The van der Waals surface area contributed by atoms with Gasteiger partial charge in [0.1, 0.15) is 5.01 Å². The van der Waals surface area contributed by atoms with E-state index in [-0.39, 0.29) is 0 Å². The third kappa shape index (κ3) is 3.72. The van der Waals surface area contributed by atoms with Crippen molar-refractivity contribution < 1.29 is 0 Å². The maximum Gasteiger partial charge on any atom is 0.107 e. The van der Waals surface area contributed by atoms with Gasteiger partial charge in [-0.3, -0.25) is 0 Å². The van der Waals surface area contributed by atoms with E-state index in [9.17, 15) is 0 Å². The van der Waals surface area contributed by atoms with Crippen molar-refractivity contribution in [3.05, 3.63) is 52.0 Å². The fourth-order valence-corrected chi connectivity index (χ4v) is 4.10. The number of hydrogen-bond donors (Lipinski definition) is 1. The molecule has 1 aromatic heterocycles. The van der Waals surface area contributed by atoms with Crippen LogP contribution in [-0.4, -0.2) is 11.0 Å². The van der Waals surface area contributed by atoms with Crippen LogP contribution in [0.4, 0.5) is 0 Å². The van der Waals surface area contributed by atoms with Crippen LogP contribution in [0, 0.1) is 0 Å². The van der Waals surface area contributed by atoms with E-state index in [0.717, 1.165) is 13.0 Å². The SMILES string of the molecule is CCc1cnc(CNC2CCCCC2c2ccccc2)s1. The highest BCUT2D eigenvalue weighted by atomic mass is 32.1. The van der Waals surface area contributed by atoms with Crippen LogP contribution in [0.1, 0.15) is 54.0 Å². The molecule has 2 nitrogen and oxygen atoms in total. The van der Waals surface area contributed by atoms with Gasteiger partial charge in [-0.15, -0.1) is 11.3 Å². The van der Waals surface area contributed by atoms with E-state index in [0.29, 0.717) is 12.0 Å². The first kappa shape index (κ1) is 14.7. The molecule has 0 saturated heterocycles. The quantitative estimate of drug-likeness (QED) is 0.878. The third-order valence-electron chi connectivity index (χ3n) is 4.46. The van der Waals surface area contributed by atoms with Gasteiger partial charge in [-0.2, -0.15) is 0 Å². The predicted octanol–water partition coefficient (Wildman–Crippen LogP) is 4.52. The summed E-state index contributed by atoms with van der Waals surface area (Å²) in [6.45, 7) is 3.11. The summed E-state index contributed by atoms with van der Waals surface area (Å²) in [5, 5.41) is 5.00. The fraction of sp³-hybridized carbons (Fsp3) is 0.500. The highest BCUT2D eigenvalue weighted by Gasteiger charge is 2.26. The van der Waals surface area contributed by atoms with Crippen LogP contribution >= 0.6 is 11.3 Å². The normalized spacial score (nSPS) is 22.3. The second-order valence-electron chi connectivity index (χ2n) is 5.86. The van der Waals surface area contributed by atoms with Crippen molar-refractivity contribution in [2.75, 3.05) is 0 Å². The molecule has 1 aliphatic rings. The van der Waals surface area contributed by atoms with Gasteiger partial charge in [0.05, 0.1) is 0 Å². The molecule has 0 bridgehead atoms. The summed E-state index contributed by atoms with van der Waals surface area (Å²) in [6.07, 6.45) is 8.41. The van der Waals surface area contributed by atoms with E-state index in [2.05, 4.69) is 47.6 Å². The van der Waals surface area contributed by atoms with E-state index in [1.807, 2.05) is 17.5 Å². The van der Waals surface area contributed by atoms with E-state index in [4.69, 9.17) is 0 Å². The average molecular weight is 300 g/mol. The molecule has 0 spiro atoms. The third-order valence-corrected chi connectivity index (χ3v) is 5.60. The fourth-order valence-electron chi connectivity index (χ4n) is 3.29. The maximum absolute atomic E-state index is 4.53. The molecule has 2 unspecified atom stereocenters. The van der Waals surface area contributed by atoms with Gasteiger partial charge < -0.3 is 5.32 Å². The number of thiazole rings is 1. The number of hydrogen-bond acceptors (Lipinski definition) is 3. The molecule has 1 saturated carbocycles.